The fourth-order valence-corrected chi connectivity index (χ4v) is 3.18. The van der Waals surface area contributed by atoms with Gasteiger partial charge in [0.05, 0.1) is 0 Å². The summed E-state index contributed by atoms with van der Waals surface area (Å²) in [6.07, 6.45) is 7.01. The summed E-state index contributed by atoms with van der Waals surface area (Å²) in [5.41, 5.74) is 1.59. The molecular weight excluding hydrogens is 216 g/mol. The molecule has 0 N–H and O–H groups in total. The lowest BCUT2D eigenvalue weighted by Gasteiger charge is -2.06. The first kappa shape index (κ1) is 11.8. The minimum absolute atomic E-state index is 0.841. The Kier molecular flexibility index (Phi) is 3.36. The normalized spacial score (nSPS) is 22.3. The predicted octanol–water partition coefficient (Wildman–Crippen LogP) is 5.52. The van der Waals surface area contributed by atoms with Crippen molar-refractivity contribution in [1.82, 2.24) is 0 Å². The fraction of sp³-hybridized carbons (Fsp3) is 0.444. The van der Waals surface area contributed by atoms with Crippen LogP contribution in [-0.2, 0) is 0 Å². The Balaban J connectivity index is 1.76. The second kappa shape index (κ2) is 5.14. The first-order valence-electron chi connectivity index (χ1n) is 7.38. The monoisotopic (exact) mass is 238 g/mol. The minimum Gasteiger partial charge on any atom is -0.0654 e. The minimum atomic E-state index is 0.841. The van der Waals surface area contributed by atoms with Gasteiger partial charge in [0.2, 0.25) is 0 Å². The molecule has 94 valence electrons. The van der Waals surface area contributed by atoms with Crippen LogP contribution >= 0.6 is 0 Å². The van der Waals surface area contributed by atoms with Gasteiger partial charge in [-0.05, 0) is 41.0 Å². The third kappa shape index (κ3) is 2.29. The lowest BCUT2D eigenvalue weighted by Crippen LogP contribution is -1.87. The molecule has 0 aromatic heterocycles. The van der Waals surface area contributed by atoms with Gasteiger partial charge in [-0.3, -0.25) is 0 Å². The first-order chi connectivity index (χ1) is 8.90. The van der Waals surface area contributed by atoms with Gasteiger partial charge in [-0.15, -0.1) is 0 Å². The predicted molar refractivity (Wildman–Crippen MR) is 78.9 cm³/mol. The van der Waals surface area contributed by atoms with E-state index in [1.54, 1.807) is 5.56 Å². The number of rotatable bonds is 5. The summed E-state index contributed by atoms with van der Waals surface area (Å²) in [5, 5.41) is 2.87. The Bertz CT molecular complexity index is 521. The topological polar surface area (TPSA) is 0 Å². The molecule has 2 atom stereocenters. The zero-order valence-corrected chi connectivity index (χ0v) is 11.2. The number of fused-ring (bicyclic) bond motifs is 1. The molecule has 3 rings (SSSR count). The van der Waals surface area contributed by atoms with Crippen LogP contribution in [0.2, 0.25) is 0 Å². The molecule has 0 saturated heterocycles. The molecule has 1 fully saturated rings. The largest absolute Gasteiger partial charge is 0.0654 e. The van der Waals surface area contributed by atoms with E-state index in [-0.39, 0.29) is 0 Å². The number of hydrogen-bond donors (Lipinski definition) is 0. The fourth-order valence-electron chi connectivity index (χ4n) is 3.18. The van der Waals surface area contributed by atoms with Gasteiger partial charge in [0.1, 0.15) is 0 Å². The van der Waals surface area contributed by atoms with Crippen molar-refractivity contribution in [3.63, 3.8) is 0 Å². The first-order valence-corrected chi connectivity index (χ1v) is 7.38. The number of unbranched alkanes of at least 4 members (excludes halogenated alkanes) is 2. The van der Waals surface area contributed by atoms with Crippen molar-refractivity contribution >= 4 is 10.8 Å². The molecule has 0 amide bonds. The van der Waals surface area contributed by atoms with Crippen LogP contribution in [0.25, 0.3) is 10.8 Å². The molecule has 1 saturated carbocycles. The SMILES string of the molecule is CCCCC[C@H]1C[C@@H]1c1cccc2ccccc12. The Morgan fingerprint density at radius 2 is 1.83 bits per heavy atom. The van der Waals surface area contributed by atoms with Crippen molar-refractivity contribution in [3.05, 3.63) is 48.0 Å². The molecule has 2 aromatic carbocycles. The summed E-state index contributed by atoms with van der Waals surface area (Å²) in [6.45, 7) is 2.29. The maximum absolute atomic E-state index is 2.34. The zero-order chi connectivity index (χ0) is 12.4. The van der Waals surface area contributed by atoms with Crippen molar-refractivity contribution in [1.29, 1.82) is 0 Å². The van der Waals surface area contributed by atoms with E-state index in [1.807, 2.05) is 0 Å². The Morgan fingerprint density at radius 3 is 2.72 bits per heavy atom. The van der Waals surface area contributed by atoms with E-state index in [9.17, 15) is 0 Å². The molecule has 1 aliphatic rings. The van der Waals surface area contributed by atoms with Crippen molar-refractivity contribution in [3.8, 4) is 0 Å². The molecule has 2 aromatic rings. The molecule has 0 unspecified atom stereocenters. The average molecular weight is 238 g/mol. The summed E-state index contributed by atoms with van der Waals surface area (Å²) in [5.74, 6) is 1.80. The van der Waals surface area contributed by atoms with E-state index in [0.717, 1.165) is 11.8 Å². The lowest BCUT2D eigenvalue weighted by atomic mass is 9.99. The van der Waals surface area contributed by atoms with Crippen LogP contribution in [0.4, 0.5) is 0 Å². The van der Waals surface area contributed by atoms with E-state index in [2.05, 4.69) is 49.4 Å². The second-order valence-corrected chi connectivity index (χ2v) is 5.67. The maximum atomic E-state index is 2.34. The van der Waals surface area contributed by atoms with E-state index >= 15 is 0 Å². The smallest absolute Gasteiger partial charge is 0.0124 e. The summed E-state index contributed by atoms with van der Waals surface area (Å²) < 4.78 is 0. The Hall–Kier alpha value is -1.30. The van der Waals surface area contributed by atoms with Gasteiger partial charge in [0.15, 0.2) is 0 Å². The van der Waals surface area contributed by atoms with Gasteiger partial charge in [-0.2, -0.15) is 0 Å². The summed E-state index contributed by atoms with van der Waals surface area (Å²) in [6, 6.07) is 15.6. The Morgan fingerprint density at radius 1 is 1.00 bits per heavy atom. The van der Waals surface area contributed by atoms with Crippen LogP contribution in [0.1, 0.15) is 50.5 Å². The van der Waals surface area contributed by atoms with Crippen molar-refractivity contribution < 1.29 is 0 Å². The summed E-state index contributed by atoms with van der Waals surface area (Å²) in [7, 11) is 0. The second-order valence-electron chi connectivity index (χ2n) is 5.67. The van der Waals surface area contributed by atoms with Gasteiger partial charge >= 0.3 is 0 Å². The zero-order valence-electron chi connectivity index (χ0n) is 11.2. The van der Waals surface area contributed by atoms with E-state index < -0.39 is 0 Å². The van der Waals surface area contributed by atoms with Gasteiger partial charge in [-0.25, -0.2) is 0 Å². The van der Waals surface area contributed by atoms with E-state index in [0.29, 0.717) is 0 Å². The number of benzene rings is 2. The quantitative estimate of drug-likeness (QED) is 0.601. The Labute approximate surface area is 110 Å². The van der Waals surface area contributed by atoms with Crippen LogP contribution in [-0.4, -0.2) is 0 Å². The van der Waals surface area contributed by atoms with Crippen LogP contribution in [0, 0.1) is 5.92 Å². The molecule has 0 heteroatoms. The molecule has 0 heterocycles. The van der Waals surface area contributed by atoms with E-state index in [1.165, 1.54) is 42.9 Å². The molecule has 0 radical (unpaired) electrons. The van der Waals surface area contributed by atoms with Crippen LogP contribution < -0.4 is 0 Å². The van der Waals surface area contributed by atoms with Gasteiger partial charge in [0, 0.05) is 0 Å². The highest BCUT2D eigenvalue weighted by atomic mass is 14.4. The molecule has 0 nitrogen and oxygen atoms in total. The van der Waals surface area contributed by atoms with Gasteiger partial charge in [0.25, 0.3) is 0 Å². The third-order valence-electron chi connectivity index (χ3n) is 4.32. The lowest BCUT2D eigenvalue weighted by molar-refractivity contribution is 0.610. The van der Waals surface area contributed by atoms with Crippen molar-refractivity contribution in [2.45, 2.75) is 44.9 Å². The van der Waals surface area contributed by atoms with Gasteiger partial charge < -0.3 is 0 Å². The summed E-state index contributed by atoms with van der Waals surface area (Å²) >= 11 is 0. The van der Waals surface area contributed by atoms with Gasteiger partial charge in [-0.1, -0.05) is 68.7 Å². The van der Waals surface area contributed by atoms with Crippen LogP contribution in [0.5, 0.6) is 0 Å². The summed E-state index contributed by atoms with van der Waals surface area (Å²) in [4.78, 5) is 0. The van der Waals surface area contributed by atoms with Crippen molar-refractivity contribution in [2.75, 3.05) is 0 Å². The molecule has 0 bridgehead atoms. The van der Waals surface area contributed by atoms with Crippen LogP contribution in [0.3, 0.4) is 0 Å². The average Bonchev–Trinajstić information content (AvgIpc) is 3.18. The highest BCUT2D eigenvalue weighted by molar-refractivity contribution is 5.86. The number of hydrogen-bond acceptors (Lipinski definition) is 0. The molecule has 0 aliphatic heterocycles. The standard InChI is InChI=1S/C18H22/c1-2-3-4-9-15-13-18(15)17-12-7-10-14-8-5-6-11-16(14)17/h5-8,10-12,15,18H,2-4,9,13H2,1H3/t15-,18-/m0/s1. The molecule has 18 heavy (non-hydrogen) atoms. The van der Waals surface area contributed by atoms with E-state index in [4.69, 9.17) is 0 Å². The third-order valence-corrected chi connectivity index (χ3v) is 4.32. The highest BCUT2D eigenvalue weighted by Crippen LogP contribution is 2.51. The highest BCUT2D eigenvalue weighted by Gasteiger charge is 2.37. The molecule has 1 aliphatic carbocycles. The van der Waals surface area contributed by atoms with Crippen LogP contribution in [0.15, 0.2) is 42.5 Å². The molecular formula is C18H22. The maximum Gasteiger partial charge on any atom is -0.0124 e. The van der Waals surface area contributed by atoms with Crippen molar-refractivity contribution in [2.24, 2.45) is 5.92 Å². The molecule has 0 spiro atoms.